The summed E-state index contributed by atoms with van der Waals surface area (Å²) in [5, 5.41) is 3.24. The number of ether oxygens (including phenoxy) is 1. The third-order valence-corrected chi connectivity index (χ3v) is 3.79. The number of hydrogen-bond acceptors (Lipinski definition) is 2. The maximum Gasteiger partial charge on any atom is 0.416 e. The molecule has 1 saturated heterocycles. The molecule has 1 N–H and O–H groups in total. The van der Waals surface area contributed by atoms with Crippen molar-refractivity contribution in [1.29, 1.82) is 0 Å². The summed E-state index contributed by atoms with van der Waals surface area (Å²) < 4.78 is 43.2. The number of aliphatic imine (C=N–C) groups is 1. The molecule has 1 heterocycles. The normalized spacial score (nSPS) is 19.0. The summed E-state index contributed by atoms with van der Waals surface area (Å²) in [6.45, 7) is 1.96. The van der Waals surface area contributed by atoms with E-state index in [-0.39, 0.29) is 6.10 Å². The van der Waals surface area contributed by atoms with Gasteiger partial charge in [-0.05, 0) is 30.5 Å². The number of rotatable bonds is 4. The van der Waals surface area contributed by atoms with Crippen LogP contribution >= 0.6 is 0 Å². The highest BCUT2D eigenvalue weighted by molar-refractivity contribution is 5.79. The van der Waals surface area contributed by atoms with Crippen LogP contribution in [0.5, 0.6) is 0 Å². The van der Waals surface area contributed by atoms with E-state index in [4.69, 9.17) is 4.74 Å². The summed E-state index contributed by atoms with van der Waals surface area (Å²) in [5.74, 6) is 0.695. The molecule has 1 atom stereocenters. The van der Waals surface area contributed by atoms with E-state index >= 15 is 0 Å². The molecule has 0 bridgehead atoms. The van der Waals surface area contributed by atoms with E-state index in [0.29, 0.717) is 19.0 Å². The van der Waals surface area contributed by atoms with Crippen LogP contribution in [0, 0.1) is 0 Å². The topological polar surface area (TPSA) is 36.9 Å². The molecule has 4 nitrogen and oxygen atoms in total. The first-order chi connectivity index (χ1) is 10.9. The third-order valence-electron chi connectivity index (χ3n) is 3.79. The smallest absolute Gasteiger partial charge is 0.376 e. The minimum absolute atomic E-state index is 0.200. The lowest BCUT2D eigenvalue weighted by Crippen LogP contribution is -2.41. The Kier molecular flexibility index (Phi) is 5.87. The number of halogens is 3. The molecule has 0 aromatic heterocycles. The van der Waals surface area contributed by atoms with E-state index in [9.17, 15) is 13.2 Å². The van der Waals surface area contributed by atoms with Crippen molar-refractivity contribution in [3.05, 3.63) is 35.4 Å². The summed E-state index contributed by atoms with van der Waals surface area (Å²) in [7, 11) is 3.53. The second-order valence-electron chi connectivity index (χ2n) is 5.61. The standard InChI is InChI=1S/C16H22F3N3O/c1-20-15(21-10-14-4-3-9-23-14)22(2)11-12-5-7-13(8-6-12)16(17,18)19/h5-8,14H,3-4,9-11H2,1-2H3,(H,20,21). The molecule has 128 valence electrons. The lowest BCUT2D eigenvalue weighted by atomic mass is 10.1. The fourth-order valence-corrected chi connectivity index (χ4v) is 2.54. The van der Waals surface area contributed by atoms with Gasteiger partial charge in [0.05, 0.1) is 11.7 Å². The minimum atomic E-state index is -4.30. The van der Waals surface area contributed by atoms with Crippen molar-refractivity contribution in [2.24, 2.45) is 4.99 Å². The number of hydrogen-bond donors (Lipinski definition) is 1. The van der Waals surface area contributed by atoms with Crippen LogP contribution in [0.15, 0.2) is 29.3 Å². The highest BCUT2D eigenvalue weighted by Gasteiger charge is 2.29. The Bertz CT molecular complexity index is 522. The zero-order chi connectivity index (χ0) is 16.9. The summed E-state index contributed by atoms with van der Waals surface area (Å²) in [4.78, 5) is 6.07. The van der Waals surface area contributed by atoms with Crippen LogP contribution in [0.1, 0.15) is 24.0 Å². The minimum Gasteiger partial charge on any atom is -0.376 e. The molecule has 0 saturated carbocycles. The first-order valence-electron chi connectivity index (χ1n) is 7.59. The Hall–Kier alpha value is -1.76. The van der Waals surface area contributed by atoms with Crippen molar-refractivity contribution < 1.29 is 17.9 Å². The number of nitrogens with one attached hydrogen (secondary N) is 1. The first-order valence-corrected chi connectivity index (χ1v) is 7.59. The van der Waals surface area contributed by atoms with Gasteiger partial charge in [0.2, 0.25) is 0 Å². The lowest BCUT2D eigenvalue weighted by Gasteiger charge is -2.23. The molecule has 1 aromatic rings. The number of benzene rings is 1. The molecule has 0 aliphatic carbocycles. The van der Waals surface area contributed by atoms with Gasteiger partial charge in [-0.2, -0.15) is 13.2 Å². The lowest BCUT2D eigenvalue weighted by molar-refractivity contribution is -0.137. The molecular weight excluding hydrogens is 307 g/mol. The van der Waals surface area contributed by atoms with Crippen LogP contribution in [0.25, 0.3) is 0 Å². The second-order valence-corrected chi connectivity index (χ2v) is 5.61. The van der Waals surface area contributed by atoms with Crippen molar-refractivity contribution in [2.45, 2.75) is 31.7 Å². The molecule has 0 amide bonds. The van der Waals surface area contributed by atoms with Gasteiger partial charge in [0.25, 0.3) is 0 Å². The van der Waals surface area contributed by atoms with E-state index in [0.717, 1.165) is 37.1 Å². The van der Waals surface area contributed by atoms with Crippen molar-refractivity contribution in [1.82, 2.24) is 10.2 Å². The molecule has 0 spiro atoms. The van der Waals surface area contributed by atoms with E-state index in [1.54, 1.807) is 7.05 Å². The predicted octanol–water partition coefficient (Wildman–Crippen LogP) is 2.89. The van der Waals surface area contributed by atoms with Crippen LogP contribution in [0.2, 0.25) is 0 Å². The average Bonchev–Trinajstić information content (AvgIpc) is 3.01. The number of guanidine groups is 1. The fourth-order valence-electron chi connectivity index (χ4n) is 2.54. The summed E-state index contributed by atoms with van der Waals surface area (Å²) in [5.41, 5.74) is 0.158. The molecule has 1 aliphatic heterocycles. The van der Waals surface area contributed by atoms with E-state index in [1.165, 1.54) is 12.1 Å². The SMILES string of the molecule is CN=C(NCC1CCCO1)N(C)Cc1ccc(C(F)(F)F)cc1. The molecule has 2 rings (SSSR count). The molecule has 1 aromatic carbocycles. The van der Waals surface area contributed by atoms with E-state index < -0.39 is 11.7 Å². The third kappa shape index (κ3) is 5.13. The van der Waals surface area contributed by atoms with Crippen molar-refractivity contribution >= 4 is 5.96 Å². The average molecular weight is 329 g/mol. The van der Waals surface area contributed by atoms with Gasteiger partial charge in [-0.25, -0.2) is 0 Å². The fraction of sp³-hybridized carbons (Fsp3) is 0.562. The van der Waals surface area contributed by atoms with Crippen molar-refractivity contribution in [3.63, 3.8) is 0 Å². The second kappa shape index (κ2) is 7.68. The molecule has 0 radical (unpaired) electrons. The Morgan fingerprint density at radius 3 is 2.57 bits per heavy atom. The maximum atomic E-state index is 12.6. The van der Waals surface area contributed by atoms with Crippen molar-refractivity contribution in [2.75, 3.05) is 27.2 Å². The molecule has 1 unspecified atom stereocenters. The van der Waals surface area contributed by atoms with Gasteiger partial charge in [-0.1, -0.05) is 12.1 Å². The van der Waals surface area contributed by atoms with Gasteiger partial charge in [0.1, 0.15) is 0 Å². The predicted molar refractivity (Wildman–Crippen MR) is 83.2 cm³/mol. The van der Waals surface area contributed by atoms with Crippen LogP contribution in [-0.4, -0.2) is 44.2 Å². The molecular formula is C16H22F3N3O. The van der Waals surface area contributed by atoms with Crippen LogP contribution in [0.3, 0.4) is 0 Å². The van der Waals surface area contributed by atoms with Crippen LogP contribution < -0.4 is 5.32 Å². The van der Waals surface area contributed by atoms with E-state index in [2.05, 4.69) is 10.3 Å². The Morgan fingerprint density at radius 1 is 1.35 bits per heavy atom. The Morgan fingerprint density at radius 2 is 2.04 bits per heavy atom. The maximum absolute atomic E-state index is 12.6. The van der Waals surface area contributed by atoms with Crippen molar-refractivity contribution in [3.8, 4) is 0 Å². The van der Waals surface area contributed by atoms with Gasteiger partial charge >= 0.3 is 6.18 Å². The molecule has 1 aliphatic rings. The van der Waals surface area contributed by atoms with Gasteiger partial charge < -0.3 is 15.0 Å². The van der Waals surface area contributed by atoms with Crippen LogP contribution in [0.4, 0.5) is 13.2 Å². The van der Waals surface area contributed by atoms with Gasteiger partial charge in [0, 0.05) is 33.8 Å². The van der Waals surface area contributed by atoms with E-state index in [1.807, 2.05) is 11.9 Å². The Labute approximate surface area is 134 Å². The van der Waals surface area contributed by atoms with Gasteiger partial charge in [-0.3, -0.25) is 4.99 Å². The highest BCUT2D eigenvalue weighted by Crippen LogP contribution is 2.29. The quantitative estimate of drug-likeness (QED) is 0.682. The summed E-state index contributed by atoms with van der Waals surface area (Å²) in [6.07, 6.45) is -1.99. The number of alkyl halides is 3. The zero-order valence-corrected chi connectivity index (χ0v) is 13.4. The molecule has 1 fully saturated rings. The van der Waals surface area contributed by atoms with Gasteiger partial charge in [0.15, 0.2) is 5.96 Å². The summed E-state index contributed by atoms with van der Waals surface area (Å²) in [6, 6.07) is 5.19. The number of nitrogens with zero attached hydrogens (tertiary/aromatic N) is 2. The molecule has 23 heavy (non-hydrogen) atoms. The molecule has 7 heteroatoms. The largest absolute Gasteiger partial charge is 0.416 e. The first kappa shape index (κ1) is 17.6. The van der Waals surface area contributed by atoms with Crippen LogP contribution in [-0.2, 0) is 17.5 Å². The zero-order valence-electron chi connectivity index (χ0n) is 13.4. The summed E-state index contributed by atoms with van der Waals surface area (Å²) >= 11 is 0. The Balaban J connectivity index is 1.89. The van der Waals surface area contributed by atoms with Gasteiger partial charge in [-0.15, -0.1) is 0 Å². The monoisotopic (exact) mass is 329 g/mol. The highest BCUT2D eigenvalue weighted by atomic mass is 19.4.